The molecule has 0 aliphatic rings. The van der Waals surface area contributed by atoms with Crippen molar-refractivity contribution in [3.8, 4) is 28.5 Å². The number of aromatic nitrogens is 1. The van der Waals surface area contributed by atoms with E-state index in [9.17, 15) is 0 Å². The molecule has 4 heteroatoms. The summed E-state index contributed by atoms with van der Waals surface area (Å²) in [5, 5.41) is 0. The molecule has 106 valence electrons. The summed E-state index contributed by atoms with van der Waals surface area (Å²) in [5.74, 6) is 2.21. The molecule has 3 rings (SSSR count). The van der Waals surface area contributed by atoms with Crippen LogP contribution in [0.25, 0.3) is 22.8 Å². The van der Waals surface area contributed by atoms with Crippen LogP contribution < -0.4 is 4.74 Å². The molecule has 0 aliphatic heterocycles. The molecule has 0 bridgehead atoms. The molecule has 3 nitrogen and oxygen atoms in total. The first-order valence-corrected chi connectivity index (χ1v) is 7.63. The lowest BCUT2D eigenvalue weighted by molar-refractivity contribution is 0.415. The summed E-state index contributed by atoms with van der Waals surface area (Å²) < 4.78 is 12.1. The Hall–Kier alpha value is -1.82. The lowest BCUT2D eigenvalue weighted by Crippen LogP contribution is -1.83. The molecule has 1 heterocycles. The van der Waals surface area contributed by atoms with E-state index in [4.69, 9.17) is 9.15 Å². The molecule has 0 saturated heterocycles. The van der Waals surface area contributed by atoms with E-state index in [2.05, 4.69) is 40.6 Å². The number of ether oxygens (including phenoxy) is 1. The van der Waals surface area contributed by atoms with E-state index in [1.54, 1.807) is 7.11 Å². The zero-order valence-corrected chi connectivity index (χ0v) is 13.9. The number of methoxy groups -OCH3 is 1. The first-order chi connectivity index (χ1) is 10.2. The molecule has 2 aromatic carbocycles. The predicted octanol–water partition coefficient (Wildman–Crippen LogP) is 4.93. The van der Waals surface area contributed by atoms with Crippen LogP contribution in [-0.4, -0.2) is 12.1 Å². The molecule has 0 radical (unpaired) electrons. The van der Waals surface area contributed by atoms with E-state index in [1.165, 1.54) is 5.56 Å². The van der Waals surface area contributed by atoms with Crippen LogP contribution in [0.5, 0.6) is 5.75 Å². The van der Waals surface area contributed by atoms with Gasteiger partial charge >= 0.3 is 0 Å². The van der Waals surface area contributed by atoms with Crippen LogP contribution in [0.1, 0.15) is 5.56 Å². The van der Waals surface area contributed by atoms with Crippen LogP contribution in [0.3, 0.4) is 0 Å². The van der Waals surface area contributed by atoms with Crippen molar-refractivity contribution in [1.29, 1.82) is 0 Å². The SMILES string of the molecule is COc1cccc(-c2nc(I)c(-c3ccccc3C)o2)c1. The average Bonchev–Trinajstić information content (AvgIpc) is 2.90. The Labute approximate surface area is 137 Å². The van der Waals surface area contributed by atoms with Crippen LogP contribution in [0, 0.1) is 10.6 Å². The van der Waals surface area contributed by atoms with Crippen molar-refractivity contribution in [3.05, 3.63) is 57.8 Å². The lowest BCUT2D eigenvalue weighted by atomic mass is 10.1. The normalized spacial score (nSPS) is 10.6. The number of oxazole rings is 1. The van der Waals surface area contributed by atoms with Crippen LogP contribution in [0.4, 0.5) is 0 Å². The molecule has 21 heavy (non-hydrogen) atoms. The predicted molar refractivity (Wildman–Crippen MR) is 91.4 cm³/mol. The molecule has 0 N–H and O–H groups in total. The van der Waals surface area contributed by atoms with Crippen LogP contribution >= 0.6 is 22.6 Å². The topological polar surface area (TPSA) is 35.3 Å². The van der Waals surface area contributed by atoms with Crippen LogP contribution in [-0.2, 0) is 0 Å². The molecule has 0 aliphatic carbocycles. The minimum absolute atomic E-state index is 0.608. The molecular formula is C17H14INO2. The molecule has 0 unspecified atom stereocenters. The maximum Gasteiger partial charge on any atom is 0.227 e. The van der Waals surface area contributed by atoms with Crippen molar-refractivity contribution in [2.24, 2.45) is 0 Å². The van der Waals surface area contributed by atoms with Gasteiger partial charge in [-0.25, -0.2) is 4.98 Å². The highest BCUT2D eigenvalue weighted by Gasteiger charge is 2.16. The molecule has 1 aromatic heterocycles. The van der Waals surface area contributed by atoms with E-state index in [1.807, 2.05) is 42.5 Å². The Kier molecular flexibility index (Phi) is 3.96. The quantitative estimate of drug-likeness (QED) is 0.594. The Morgan fingerprint density at radius 2 is 1.90 bits per heavy atom. The first kappa shape index (κ1) is 14.1. The van der Waals surface area contributed by atoms with Gasteiger partial charge in [0.2, 0.25) is 5.89 Å². The van der Waals surface area contributed by atoms with Gasteiger partial charge in [0, 0.05) is 11.1 Å². The molecule has 0 amide bonds. The Morgan fingerprint density at radius 1 is 1.10 bits per heavy atom. The number of aryl methyl sites for hydroxylation is 1. The Balaban J connectivity index is 2.07. The van der Waals surface area contributed by atoms with E-state index in [-0.39, 0.29) is 0 Å². The Bertz CT molecular complexity index is 780. The second kappa shape index (κ2) is 5.89. The molecule has 3 aromatic rings. The molecule has 0 fully saturated rings. The van der Waals surface area contributed by atoms with Crippen molar-refractivity contribution >= 4 is 22.6 Å². The highest BCUT2D eigenvalue weighted by Crippen LogP contribution is 2.33. The largest absolute Gasteiger partial charge is 0.497 e. The summed E-state index contributed by atoms with van der Waals surface area (Å²) in [4.78, 5) is 4.54. The number of nitrogens with zero attached hydrogens (tertiary/aromatic N) is 1. The lowest BCUT2D eigenvalue weighted by Gasteiger charge is -2.02. The van der Waals surface area contributed by atoms with Gasteiger partial charge in [-0.1, -0.05) is 30.3 Å². The summed E-state index contributed by atoms with van der Waals surface area (Å²) in [6, 6.07) is 15.9. The number of rotatable bonds is 3. The van der Waals surface area contributed by atoms with E-state index < -0.39 is 0 Å². The molecule has 0 atom stereocenters. The monoisotopic (exact) mass is 391 g/mol. The van der Waals surface area contributed by atoms with Gasteiger partial charge in [0.05, 0.1) is 7.11 Å². The van der Waals surface area contributed by atoms with Gasteiger partial charge in [-0.2, -0.15) is 0 Å². The number of hydrogen-bond acceptors (Lipinski definition) is 3. The van der Waals surface area contributed by atoms with Crippen LogP contribution in [0.15, 0.2) is 52.9 Å². The fourth-order valence-corrected chi connectivity index (χ4v) is 2.79. The third-order valence-electron chi connectivity index (χ3n) is 3.29. The zero-order valence-electron chi connectivity index (χ0n) is 11.8. The van der Waals surface area contributed by atoms with E-state index >= 15 is 0 Å². The summed E-state index contributed by atoms with van der Waals surface area (Å²) in [6.45, 7) is 2.07. The minimum atomic E-state index is 0.608. The van der Waals surface area contributed by atoms with Crippen molar-refractivity contribution < 1.29 is 9.15 Å². The van der Waals surface area contributed by atoms with E-state index in [0.717, 1.165) is 26.3 Å². The van der Waals surface area contributed by atoms with Gasteiger partial charge < -0.3 is 9.15 Å². The smallest absolute Gasteiger partial charge is 0.227 e. The fourth-order valence-electron chi connectivity index (χ4n) is 2.17. The Morgan fingerprint density at radius 3 is 2.67 bits per heavy atom. The number of halogens is 1. The van der Waals surface area contributed by atoms with E-state index in [0.29, 0.717) is 5.89 Å². The minimum Gasteiger partial charge on any atom is -0.497 e. The summed E-state index contributed by atoms with van der Waals surface area (Å²) in [7, 11) is 1.65. The maximum absolute atomic E-state index is 5.99. The number of hydrogen-bond donors (Lipinski definition) is 0. The third-order valence-corrected chi connectivity index (χ3v) is 4.02. The van der Waals surface area contributed by atoms with Crippen LogP contribution in [0.2, 0.25) is 0 Å². The molecule has 0 spiro atoms. The fraction of sp³-hybridized carbons (Fsp3) is 0.118. The standard InChI is InChI=1S/C17H14INO2/c1-11-6-3-4-9-14(11)15-16(18)19-17(21-15)12-7-5-8-13(10-12)20-2/h3-10H,1-2H3. The molecular weight excluding hydrogens is 377 g/mol. The highest BCUT2D eigenvalue weighted by molar-refractivity contribution is 14.1. The number of benzene rings is 2. The maximum atomic E-state index is 5.99. The van der Waals surface area contributed by atoms with Gasteiger partial charge in [-0.3, -0.25) is 0 Å². The van der Waals surface area contributed by atoms with Crippen molar-refractivity contribution in [3.63, 3.8) is 0 Å². The highest BCUT2D eigenvalue weighted by atomic mass is 127. The summed E-state index contributed by atoms with van der Waals surface area (Å²) in [5.41, 5.74) is 3.15. The summed E-state index contributed by atoms with van der Waals surface area (Å²) in [6.07, 6.45) is 0. The van der Waals surface area contributed by atoms with Gasteiger partial charge in [-0.15, -0.1) is 0 Å². The van der Waals surface area contributed by atoms with Gasteiger partial charge in [0.1, 0.15) is 9.45 Å². The van der Waals surface area contributed by atoms with Gasteiger partial charge in [-0.05, 0) is 53.3 Å². The third kappa shape index (κ3) is 2.81. The zero-order chi connectivity index (χ0) is 14.8. The second-order valence-electron chi connectivity index (χ2n) is 4.69. The second-order valence-corrected chi connectivity index (χ2v) is 5.71. The van der Waals surface area contributed by atoms with Gasteiger partial charge in [0.25, 0.3) is 0 Å². The van der Waals surface area contributed by atoms with Crippen molar-refractivity contribution in [1.82, 2.24) is 4.98 Å². The van der Waals surface area contributed by atoms with Crippen molar-refractivity contribution in [2.75, 3.05) is 7.11 Å². The summed E-state index contributed by atoms with van der Waals surface area (Å²) >= 11 is 2.21. The van der Waals surface area contributed by atoms with Gasteiger partial charge in [0.15, 0.2) is 5.76 Å². The molecule has 0 saturated carbocycles. The van der Waals surface area contributed by atoms with Crippen molar-refractivity contribution in [2.45, 2.75) is 6.92 Å². The first-order valence-electron chi connectivity index (χ1n) is 6.56. The average molecular weight is 391 g/mol.